The maximum absolute atomic E-state index is 12.7. The van der Waals surface area contributed by atoms with E-state index in [-0.39, 0.29) is 5.69 Å². The molecule has 0 spiro atoms. The number of carboxylic acids is 1. The van der Waals surface area contributed by atoms with Crippen molar-refractivity contribution in [3.8, 4) is 17.2 Å². The van der Waals surface area contributed by atoms with Crippen molar-refractivity contribution in [1.29, 1.82) is 0 Å². The maximum atomic E-state index is 12.7. The van der Waals surface area contributed by atoms with Crippen LogP contribution in [0.1, 0.15) is 10.4 Å². The van der Waals surface area contributed by atoms with Gasteiger partial charge < -0.3 is 20.4 Å². The fourth-order valence-electron chi connectivity index (χ4n) is 1.51. The zero-order valence-electron chi connectivity index (χ0n) is 10.4. The summed E-state index contributed by atoms with van der Waals surface area (Å²) in [4.78, 5) is 11.0. The zero-order chi connectivity index (χ0) is 15.6. The van der Waals surface area contributed by atoms with E-state index >= 15 is 0 Å². The van der Waals surface area contributed by atoms with Gasteiger partial charge >= 0.3 is 5.97 Å². The minimum Gasteiger partial charge on any atom is -0.504 e. The molecule has 0 amide bonds. The smallest absolute Gasteiger partial charge is 0.338 e. The lowest BCUT2D eigenvalue weighted by atomic mass is 10.1. The highest BCUT2D eigenvalue weighted by Crippen LogP contribution is 2.45. The van der Waals surface area contributed by atoms with Crippen molar-refractivity contribution in [3.05, 3.63) is 41.7 Å². The maximum Gasteiger partial charge on any atom is 0.338 e. The molecule has 0 bridgehead atoms. The van der Waals surface area contributed by atoms with Crippen LogP contribution < -0.4 is 0 Å². The van der Waals surface area contributed by atoms with Gasteiger partial charge in [0, 0.05) is 6.07 Å². The average Bonchev–Trinajstić information content (AvgIpc) is 2.45. The molecule has 0 fully saturated rings. The van der Waals surface area contributed by atoms with Crippen LogP contribution in [-0.4, -0.2) is 26.4 Å². The van der Waals surface area contributed by atoms with Crippen LogP contribution in [0, 0.1) is 5.82 Å². The van der Waals surface area contributed by atoms with E-state index in [4.69, 9.17) is 5.11 Å². The number of benzene rings is 2. The van der Waals surface area contributed by atoms with Gasteiger partial charge in [-0.1, -0.05) is 0 Å². The molecule has 0 heterocycles. The lowest BCUT2D eigenvalue weighted by molar-refractivity contribution is 0.0697. The molecule has 2 aromatic carbocycles. The van der Waals surface area contributed by atoms with Crippen molar-refractivity contribution < 1.29 is 29.6 Å². The van der Waals surface area contributed by atoms with E-state index in [9.17, 15) is 24.5 Å². The highest BCUT2D eigenvalue weighted by Gasteiger charge is 2.21. The minimum absolute atomic E-state index is 0.208. The van der Waals surface area contributed by atoms with Crippen LogP contribution in [0.4, 0.5) is 15.8 Å². The van der Waals surface area contributed by atoms with Crippen molar-refractivity contribution in [2.75, 3.05) is 0 Å². The van der Waals surface area contributed by atoms with Gasteiger partial charge in [-0.2, -0.15) is 5.11 Å². The Kier molecular flexibility index (Phi) is 3.70. The molecule has 0 aliphatic carbocycles. The lowest BCUT2D eigenvalue weighted by Crippen LogP contribution is -1.96. The van der Waals surface area contributed by atoms with Gasteiger partial charge in [0.1, 0.15) is 11.5 Å². The molecule has 108 valence electrons. The summed E-state index contributed by atoms with van der Waals surface area (Å²) in [7, 11) is 0. The fraction of sp³-hybridized carbons (Fsp3) is 0. The normalized spacial score (nSPS) is 10.9. The Bertz CT molecular complexity index is 728. The van der Waals surface area contributed by atoms with Crippen LogP contribution in [0.25, 0.3) is 0 Å². The first kappa shape index (κ1) is 14.3. The second-order valence-corrected chi connectivity index (χ2v) is 3.97. The van der Waals surface area contributed by atoms with E-state index in [0.29, 0.717) is 0 Å². The Morgan fingerprint density at radius 1 is 1.00 bits per heavy atom. The SMILES string of the molecule is O=C(O)c1cc(O)c(O)c(O)c1N=Nc1ccc(F)cc1. The van der Waals surface area contributed by atoms with Gasteiger partial charge in [0.05, 0.1) is 11.3 Å². The van der Waals surface area contributed by atoms with E-state index < -0.39 is 40.3 Å². The summed E-state index contributed by atoms with van der Waals surface area (Å²) >= 11 is 0. The molecule has 2 rings (SSSR count). The molecule has 0 aliphatic rings. The monoisotopic (exact) mass is 292 g/mol. The standard InChI is InChI=1S/C13H9FN2O5/c14-6-1-3-7(4-2-6)15-16-10-8(13(20)21)5-9(17)11(18)12(10)19/h1-5,17-19H,(H,20,21). The number of phenols is 3. The van der Waals surface area contributed by atoms with Crippen molar-refractivity contribution in [3.63, 3.8) is 0 Å². The molecule has 0 aliphatic heterocycles. The Morgan fingerprint density at radius 3 is 2.19 bits per heavy atom. The number of rotatable bonds is 3. The highest BCUT2D eigenvalue weighted by atomic mass is 19.1. The first-order valence-electron chi connectivity index (χ1n) is 5.58. The number of phenolic OH excluding ortho intramolecular Hbond substituents is 3. The number of halogens is 1. The third-order valence-electron chi connectivity index (χ3n) is 2.55. The fourth-order valence-corrected chi connectivity index (χ4v) is 1.51. The number of aromatic carboxylic acids is 1. The zero-order valence-corrected chi connectivity index (χ0v) is 10.4. The molecule has 0 unspecified atom stereocenters. The largest absolute Gasteiger partial charge is 0.504 e. The van der Waals surface area contributed by atoms with Gasteiger partial charge in [0.15, 0.2) is 11.5 Å². The quantitative estimate of drug-likeness (QED) is 0.511. The van der Waals surface area contributed by atoms with Crippen molar-refractivity contribution >= 4 is 17.3 Å². The lowest BCUT2D eigenvalue weighted by Gasteiger charge is -2.06. The Morgan fingerprint density at radius 2 is 1.62 bits per heavy atom. The van der Waals surface area contributed by atoms with E-state index in [1.54, 1.807) is 0 Å². The number of hydrogen-bond donors (Lipinski definition) is 4. The molecule has 7 nitrogen and oxygen atoms in total. The predicted molar refractivity (Wildman–Crippen MR) is 69.0 cm³/mol. The van der Waals surface area contributed by atoms with Gasteiger partial charge in [-0.15, -0.1) is 5.11 Å². The summed E-state index contributed by atoms with van der Waals surface area (Å²) in [5.41, 5.74) is -0.865. The van der Waals surface area contributed by atoms with Crippen LogP contribution in [0.2, 0.25) is 0 Å². The molecular formula is C13H9FN2O5. The summed E-state index contributed by atoms with van der Waals surface area (Å²) < 4.78 is 12.7. The highest BCUT2D eigenvalue weighted by molar-refractivity contribution is 5.96. The number of carbonyl (C=O) groups is 1. The number of hydrogen-bond acceptors (Lipinski definition) is 6. The van der Waals surface area contributed by atoms with Gasteiger partial charge in [0.25, 0.3) is 0 Å². The molecule has 0 atom stereocenters. The van der Waals surface area contributed by atoms with Gasteiger partial charge in [-0.25, -0.2) is 9.18 Å². The molecule has 0 saturated carbocycles. The number of aromatic hydroxyl groups is 3. The Labute approximate surface area is 117 Å². The molecule has 4 N–H and O–H groups in total. The third kappa shape index (κ3) is 2.89. The second-order valence-electron chi connectivity index (χ2n) is 3.97. The Balaban J connectivity index is 2.50. The van der Waals surface area contributed by atoms with Crippen LogP contribution in [0.15, 0.2) is 40.6 Å². The third-order valence-corrected chi connectivity index (χ3v) is 2.55. The van der Waals surface area contributed by atoms with E-state index in [2.05, 4.69) is 10.2 Å². The van der Waals surface area contributed by atoms with Crippen LogP contribution in [-0.2, 0) is 0 Å². The van der Waals surface area contributed by atoms with Gasteiger partial charge in [-0.3, -0.25) is 0 Å². The minimum atomic E-state index is -1.48. The molecule has 21 heavy (non-hydrogen) atoms. The molecule has 0 radical (unpaired) electrons. The van der Waals surface area contributed by atoms with E-state index in [0.717, 1.165) is 18.2 Å². The topological polar surface area (TPSA) is 123 Å². The van der Waals surface area contributed by atoms with Gasteiger partial charge in [-0.05, 0) is 24.3 Å². The number of carboxylic acid groups (broad SMARTS) is 1. The van der Waals surface area contributed by atoms with Crippen molar-refractivity contribution in [2.24, 2.45) is 10.2 Å². The summed E-state index contributed by atoms with van der Waals surface area (Å²) in [5.74, 6) is -4.59. The van der Waals surface area contributed by atoms with Crippen LogP contribution >= 0.6 is 0 Å². The summed E-state index contributed by atoms with van der Waals surface area (Å²) in [5, 5.41) is 44.5. The van der Waals surface area contributed by atoms with Crippen LogP contribution in [0.3, 0.4) is 0 Å². The second kappa shape index (κ2) is 5.45. The summed E-state index contributed by atoms with van der Waals surface area (Å²) in [6.07, 6.45) is 0. The summed E-state index contributed by atoms with van der Waals surface area (Å²) in [6, 6.07) is 5.56. The van der Waals surface area contributed by atoms with Gasteiger partial charge in [0.2, 0.25) is 5.75 Å². The predicted octanol–water partition coefficient (Wildman–Crippen LogP) is 3.06. The average molecular weight is 292 g/mol. The Hall–Kier alpha value is -3.16. The first-order chi connectivity index (χ1) is 9.90. The number of azo groups is 1. The summed E-state index contributed by atoms with van der Waals surface area (Å²) in [6.45, 7) is 0. The molecule has 2 aromatic rings. The first-order valence-corrected chi connectivity index (χ1v) is 5.58. The number of nitrogens with zero attached hydrogens (tertiary/aromatic N) is 2. The van der Waals surface area contributed by atoms with E-state index in [1.807, 2.05) is 0 Å². The van der Waals surface area contributed by atoms with Crippen molar-refractivity contribution in [2.45, 2.75) is 0 Å². The molecule has 0 aromatic heterocycles. The molecule has 0 saturated heterocycles. The molecule has 8 heteroatoms. The van der Waals surface area contributed by atoms with E-state index in [1.165, 1.54) is 12.1 Å². The van der Waals surface area contributed by atoms with Crippen LogP contribution in [0.5, 0.6) is 17.2 Å². The molecular weight excluding hydrogens is 283 g/mol. The van der Waals surface area contributed by atoms with Crippen molar-refractivity contribution in [1.82, 2.24) is 0 Å².